The van der Waals surface area contributed by atoms with E-state index in [1.807, 2.05) is 0 Å². The average Bonchev–Trinajstić information content (AvgIpc) is 2.64. The number of amides is 2. The molecule has 0 saturated carbocycles. The summed E-state index contributed by atoms with van der Waals surface area (Å²) >= 11 is 6.13. The highest BCUT2D eigenvalue weighted by Gasteiger charge is 2.25. The van der Waals surface area contributed by atoms with Gasteiger partial charge in [-0.25, -0.2) is 8.42 Å². The van der Waals surface area contributed by atoms with Gasteiger partial charge in [0.15, 0.2) is 9.84 Å². The lowest BCUT2D eigenvalue weighted by molar-refractivity contribution is -0.115. The highest BCUT2D eigenvalue weighted by molar-refractivity contribution is 7.92. The third-order valence-corrected chi connectivity index (χ3v) is 6.42. The Morgan fingerprint density at radius 2 is 1.74 bits per heavy atom. The van der Waals surface area contributed by atoms with E-state index in [1.165, 1.54) is 18.2 Å². The van der Waals surface area contributed by atoms with E-state index in [2.05, 4.69) is 10.6 Å². The van der Waals surface area contributed by atoms with Crippen LogP contribution in [0.5, 0.6) is 0 Å². The number of halogens is 1. The minimum Gasteiger partial charge on any atom is -0.326 e. The molecule has 0 aliphatic heterocycles. The topological polar surface area (TPSA) is 92.3 Å². The van der Waals surface area contributed by atoms with Gasteiger partial charge in [0, 0.05) is 12.1 Å². The molecule has 0 saturated heterocycles. The lowest BCUT2D eigenvalue weighted by Gasteiger charge is -2.14. The molecule has 2 aromatic rings. The van der Waals surface area contributed by atoms with Crippen molar-refractivity contribution in [3.05, 3.63) is 53.1 Å². The largest absolute Gasteiger partial charge is 0.326 e. The number of nitrogens with one attached hydrogen (secondary N) is 2. The molecular weight excluding hydrogens is 388 g/mol. The van der Waals surface area contributed by atoms with Crippen LogP contribution in [0.15, 0.2) is 47.4 Å². The maximum atomic E-state index is 12.7. The molecule has 8 heteroatoms. The second-order valence-corrected chi connectivity index (χ2v) is 9.02. The Kier molecular flexibility index (Phi) is 6.62. The molecule has 0 spiro atoms. The molecule has 0 heterocycles. The van der Waals surface area contributed by atoms with Gasteiger partial charge in [0.05, 0.1) is 26.4 Å². The third kappa shape index (κ3) is 4.87. The van der Waals surface area contributed by atoms with Crippen LogP contribution in [0.3, 0.4) is 0 Å². The predicted molar refractivity (Wildman–Crippen MR) is 107 cm³/mol. The van der Waals surface area contributed by atoms with Crippen molar-refractivity contribution in [2.75, 3.05) is 10.6 Å². The first kappa shape index (κ1) is 20.9. The summed E-state index contributed by atoms with van der Waals surface area (Å²) in [5.41, 5.74) is 0.780. The molecule has 2 amide bonds. The van der Waals surface area contributed by atoms with Crippen molar-refractivity contribution >= 4 is 44.6 Å². The van der Waals surface area contributed by atoms with Crippen LogP contribution >= 0.6 is 11.6 Å². The maximum absolute atomic E-state index is 12.7. The molecule has 0 radical (unpaired) electrons. The number of rotatable bonds is 6. The molecule has 0 atom stereocenters. The van der Waals surface area contributed by atoms with E-state index in [1.54, 1.807) is 45.0 Å². The summed E-state index contributed by atoms with van der Waals surface area (Å²) in [4.78, 5) is 24.2. The van der Waals surface area contributed by atoms with Gasteiger partial charge in [-0.2, -0.15) is 0 Å². The molecule has 2 N–H and O–H groups in total. The minimum absolute atomic E-state index is 0.0327. The SMILES string of the molecule is CCC(=O)Nc1ccc(Cl)c(NC(=O)c2ccccc2S(=O)(=O)C(C)C)c1. The van der Waals surface area contributed by atoms with Gasteiger partial charge in [0.1, 0.15) is 0 Å². The third-order valence-electron chi connectivity index (χ3n) is 3.88. The Bertz CT molecular complexity index is 971. The number of hydrogen-bond donors (Lipinski definition) is 2. The van der Waals surface area contributed by atoms with Gasteiger partial charge in [0.2, 0.25) is 5.91 Å². The number of sulfone groups is 1. The number of carbonyl (C=O) groups is 2. The van der Waals surface area contributed by atoms with Crippen LogP contribution < -0.4 is 10.6 Å². The van der Waals surface area contributed by atoms with Crippen LogP contribution in [0.1, 0.15) is 37.6 Å². The van der Waals surface area contributed by atoms with Gasteiger partial charge in [-0.15, -0.1) is 0 Å². The molecule has 6 nitrogen and oxygen atoms in total. The van der Waals surface area contributed by atoms with E-state index in [0.29, 0.717) is 12.1 Å². The van der Waals surface area contributed by atoms with Crippen LogP contribution in [0.4, 0.5) is 11.4 Å². The van der Waals surface area contributed by atoms with E-state index in [9.17, 15) is 18.0 Å². The van der Waals surface area contributed by atoms with Crippen molar-refractivity contribution in [3.8, 4) is 0 Å². The molecule has 0 bridgehead atoms. The van der Waals surface area contributed by atoms with Crippen molar-refractivity contribution in [2.45, 2.75) is 37.3 Å². The quantitative estimate of drug-likeness (QED) is 0.751. The number of carbonyl (C=O) groups excluding carboxylic acids is 2. The summed E-state index contributed by atoms with van der Waals surface area (Å²) in [6.07, 6.45) is 0.310. The number of anilines is 2. The van der Waals surface area contributed by atoms with Crippen molar-refractivity contribution in [1.82, 2.24) is 0 Å². The second-order valence-electron chi connectivity index (χ2n) is 6.14. The number of hydrogen-bond acceptors (Lipinski definition) is 4. The van der Waals surface area contributed by atoms with Crippen molar-refractivity contribution in [2.24, 2.45) is 0 Å². The summed E-state index contributed by atoms with van der Waals surface area (Å²) in [5.74, 6) is -0.779. The fourth-order valence-electron chi connectivity index (χ4n) is 2.29. The molecular formula is C19H21ClN2O4S. The molecule has 0 aromatic heterocycles. The van der Waals surface area contributed by atoms with Gasteiger partial charge in [-0.05, 0) is 44.2 Å². The zero-order chi connectivity index (χ0) is 20.2. The fourth-order valence-corrected chi connectivity index (χ4v) is 3.70. The summed E-state index contributed by atoms with van der Waals surface area (Å²) in [5, 5.41) is 4.90. The minimum atomic E-state index is -3.63. The zero-order valence-corrected chi connectivity index (χ0v) is 16.8. The van der Waals surface area contributed by atoms with Crippen LogP contribution in [-0.4, -0.2) is 25.5 Å². The van der Waals surface area contributed by atoms with Gasteiger partial charge in [-0.1, -0.05) is 30.7 Å². The summed E-state index contributed by atoms with van der Waals surface area (Å²) in [7, 11) is -3.63. The molecule has 0 aliphatic rings. The Labute approximate surface area is 163 Å². The van der Waals surface area contributed by atoms with Crippen LogP contribution in [0.2, 0.25) is 5.02 Å². The monoisotopic (exact) mass is 408 g/mol. The zero-order valence-electron chi connectivity index (χ0n) is 15.2. The smallest absolute Gasteiger partial charge is 0.257 e. The highest BCUT2D eigenvalue weighted by atomic mass is 35.5. The number of benzene rings is 2. The molecule has 2 aromatic carbocycles. The molecule has 27 heavy (non-hydrogen) atoms. The van der Waals surface area contributed by atoms with Crippen LogP contribution in [0, 0.1) is 0 Å². The summed E-state index contributed by atoms with van der Waals surface area (Å²) in [6.45, 7) is 4.83. The van der Waals surface area contributed by atoms with E-state index in [0.717, 1.165) is 0 Å². The maximum Gasteiger partial charge on any atom is 0.257 e. The van der Waals surface area contributed by atoms with Gasteiger partial charge >= 0.3 is 0 Å². The van der Waals surface area contributed by atoms with E-state index < -0.39 is 21.0 Å². The average molecular weight is 409 g/mol. The molecule has 144 valence electrons. The van der Waals surface area contributed by atoms with E-state index >= 15 is 0 Å². The Morgan fingerprint density at radius 3 is 2.37 bits per heavy atom. The molecule has 0 aliphatic carbocycles. The predicted octanol–water partition coefficient (Wildman–Crippen LogP) is 4.12. The van der Waals surface area contributed by atoms with Crippen LogP contribution in [0.25, 0.3) is 0 Å². The lowest BCUT2D eigenvalue weighted by Crippen LogP contribution is -2.21. The second kappa shape index (κ2) is 8.54. The standard InChI is InChI=1S/C19H21ClN2O4S/c1-4-18(23)21-13-9-10-15(20)16(11-13)22-19(24)14-7-5-6-8-17(14)27(25,26)12(2)3/h5-12H,4H2,1-3H3,(H,21,23)(H,22,24). The molecule has 2 rings (SSSR count). The van der Waals surface area contributed by atoms with E-state index in [4.69, 9.17) is 11.6 Å². The first-order valence-electron chi connectivity index (χ1n) is 8.40. The molecule has 0 fully saturated rings. The van der Waals surface area contributed by atoms with E-state index in [-0.39, 0.29) is 27.1 Å². The van der Waals surface area contributed by atoms with Crippen molar-refractivity contribution in [1.29, 1.82) is 0 Å². The summed E-state index contributed by atoms with van der Waals surface area (Å²) in [6, 6.07) is 10.7. The van der Waals surface area contributed by atoms with Gasteiger partial charge in [-0.3, -0.25) is 9.59 Å². The lowest BCUT2D eigenvalue weighted by atomic mass is 10.2. The first-order chi connectivity index (χ1) is 12.7. The normalized spacial score (nSPS) is 11.3. The fraction of sp³-hybridized carbons (Fsp3) is 0.263. The first-order valence-corrected chi connectivity index (χ1v) is 10.3. The van der Waals surface area contributed by atoms with Gasteiger partial charge < -0.3 is 10.6 Å². The summed E-state index contributed by atoms with van der Waals surface area (Å²) < 4.78 is 25.1. The van der Waals surface area contributed by atoms with Crippen molar-refractivity contribution in [3.63, 3.8) is 0 Å². The van der Waals surface area contributed by atoms with Crippen molar-refractivity contribution < 1.29 is 18.0 Å². The molecule has 0 unspecified atom stereocenters. The Hall–Kier alpha value is -2.38. The highest BCUT2D eigenvalue weighted by Crippen LogP contribution is 2.27. The van der Waals surface area contributed by atoms with Crippen LogP contribution in [-0.2, 0) is 14.6 Å². The Morgan fingerprint density at radius 1 is 1.07 bits per heavy atom. The van der Waals surface area contributed by atoms with Gasteiger partial charge in [0.25, 0.3) is 5.91 Å². The Balaban J connectivity index is 2.37.